The number of anilines is 1. The van der Waals surface area contributed by atoms with E-state index in [-0.39, 0.29) is 0 Å². The molecule has 2 rings (SSSR count). The summed E-state index contributed by atoms with van der Waals surface area (Å²) >= 11 is 0. The van der Waals surface area contributed by atoms with Crippen molar-refractivity contribution in [2.24, 2.45) is 5.92 Å². The molecule has 1 aliphatic rings. The van der Waals surface area contributed by atoms with E-state index in [1.54, 1.807) is 0 Å². The summed E-state index contributed by atoms with van der Waals surface area (Å²) in [6.07, 6.45) is 4.08. The Morgan fingerprint density at radius 1 is 1.11 bits per heavy atom. The number of nitrogens with zero attached hydrogens (tertiary/aromatic N) is 1. The van der Waals surface area contributed by atoms with Crippen LogP contribution in [-0.2, 0) is 6.54 Å². The molecule has 2 atom stereocenters. The van der Waals surface area contributed by atoms with Crippen molar-refractivity contribution in [1.29, 1.82) is 0 Å². The molecule has 0 aromatic heterocycles. The largest absolute Gasteiger partial charge is 0.372 e. The second-order valence-electron chi connectivity index (χ2n) is 5.83. The lowest BCUT2D eigenvalue weighted by atomic mass is 10.1. The molecule has 1 aliphatic carbocycles. The predicted octanol–water partition coefficient (Wildman–Crippen LogP) is 3.81. The molecule has 1 aromatic carbocycles. The minimum atomic E-state index is 0.734. The van der Waals surface area contributed by atoms with Crippen molar-refractivity contribution in [1.82, 2.24) is 5.32 Å². The van der Waals surface area contributed by atoms with Gasteiger partial charge in [0.2, 0.25) is 0 Å². The molecule has 1 N–H and O–H groups in total. The topological polar surface area (TPSA) is 15.3 Å². The summed E-state index contributed by atoms with van der Waals surface area (Å²) in [4.78, 5) is 2.38. The van der Waals surface area contributed by atoms with Gasteiger partial charge in [-0.15, -0.1) is 0 Å². The Morgan fingerprint density at radius 3 is 2.32 bits per heavy atom. The molecule has 0 saturated heterocycles. The van der Waals surface area contributed by atoms with Crippen molar-refractivity contribution in [3.05, 3.63) is 29.8 Å². The average molecular weight is 260 g/mol. The van der Waals surface area contributed by atoms with E-state index in [1.165, 1.54) is 30.5 Å². The lowest BCUT2D eigenvalue weighted by Gasteiger charge is -2.21. The Balaban J connectivity index is 1.84. The van der Waals surface area contributed by atoms with Gasteiger partial charge in [0, 0.05) is 31.4 Å². The summed E-state index contributed by atoms with van der Waals surface area (Å²) in [5.74, 6) is 0.905. The van der Waals surface area contributed by atoms with Crippen molar-refractivity contribution >= 4 is 5.69 Å². The van der Waals surface area contributed by atoms with Crippen molar-refractivity contribution in [3.63, 3.8) is 0 Å². The quantitative estimate of drug-likeness (QED) is 0.836. The fraction of sp³-hybridized carbons (Fsp3) is 0.647. The van der Waals surface area contributed by atoms with E-state index in [2.05, 4.69) is 55.3 Å². The van der Waals surface area contributed by atoms with Gasteiger partial charge in [-0.2, -0.15) is 0 Å². The average Bonchev–Trinajstić information content (AvgIpc) is 2.85. The van der Waals surface area contributed by atoms with Gasteiger partial charge in [-0.25, -0.2) is 0 Å². The molecule has 0 aliphatic heterocycles. The summed E-state index contributed by atoms with van der Waals surface area (Å²) < 4.78 is 0. The maximum atomic E-state index is 3.69. The van der Waals surface area contributed by atoms with Gasteiger partial charge in [0.1, 0.15) is 0 Å². The first-order valence-corrected chi connectivity index (χ1v) is 7.80. The minimum Gasteiger partial charge on any atom is -0.372 e. The monoisotopic (exact) mass is 260 g/mol. The Hall–Kier alpha value is -1.02. The molecular formula is C17H28N2. The Labute approximate surface area is 118 Å². The van der Waals surface area contributed by atoms with Crippen LogP contribution in [-0.4, -0.2) is 19.1 Å². The summed E-state index contributed by atoms with van der Waals surface area (Å²) in [6.45, 7) is 9.94. The van der Waals surface area contributed by atoms with Crippen LogP contribution in [0.2, 0.25) is 0 Å². The third-order valence-corrected chi connectivity index (χ3v) is 4.35. The highest BCUT2D eigenvalue weighted by Crippen LogP contribution is 2.25. The molecule has 19 heavy (non-hydrogen) atoms. The lowest BCUT2D eigenvalue weighted by Crippen LogP contribution is -2.26. The Bertz CT molecular complexity index is 367. The van der Waals surface area contributed by atoms with Gasteiger partial charge in [0.25, 0.3) is 0 Å². The van der Waals surface area contributed by atoms with Gasteiger partial charge < -0.3 is 10.2 Å². The number of benzene rings is 1. The first-order chi connectivity index (χ1) is 9.22. The molecule has 1 fully saturated rings. The van der Waals surface area contributed by atoms with Crippen LogP contribution in [0.5, 0.6) is 0 Å². The van der Waals surface area contributed by atoms with E-state index < -0.39 is 0 Å². The number of hydrogen-bond donors (Lipinski definition) is 1. The number of nitrogens with one attached hydrogen (secondary N) is 1. The molecule has 0 spiro atoms. The zero-order valence-corrected chi connectivity index (χ0v) is 12.7. The summed E-state index contributed by atoms with van der Waals surface area (Å²) in [7, 11) is 0. The Kier molecular flexibility index (Phi) is 5.26. The van der Waals surface area contributed by atoms with E-state index in [4.69, 9.17) is 0 Å². The second kappa shape index (κ2) is 6.95. The molecule has 1 saturated carbocycles. The first-order valence-electron chi connectivity index (χ1n) is 7.80. The lowest BCUT2D eigenvalue weighted by molar-refractivity contribution is 0.502. The molecular weight excluding hydrogens is 232 g/mol. The van der Waals surface area contributed by atoms with Crippen LogP contribution in [0, 0.1) is 5.92 Å². The molecule has 1 aromatic rings. The first kappa shape index (κ1) is 14.4. The number of rotatable bonds is 6. The van der Waals surface area contributed by atoms with Crippen LogP contribution in [0.3, 0.4) is 0 Å². The van der Waals surface area contributed by atoms with E-state index in [1.807, 2.05) is 0 Å². The van der Waals surface area contributed by atoms with Gasteiger partial charge in [-0.1, -0.05) is 19.1 Å². The summed E-state index contributed by atoms with van der Waals surface area (Å²) in [5, 5.41) is 3.69. The third-order valence-electron chi connectivity index (χ3n) is 4.35. The van der Waals surface area contributed by atoms with Gasteiger partial charge >= 0.3 is 0 Å². The Morgan fingerprint density at radius 2 is 1.79 bits per heavy atom. The van der Waals surface area contributed by atoms with Crippen LogP contribution >= 0.6 is 0 Å². The van der Waals surface area contributed by atoms with Crippen LogP contribution in [0.1, 0.15) is 45.6 Å². The maximum absolute atomic E-state index is 3.69. The van der Waals surface area contributed by atoms with Crippen LogP contribution in [0.15, 0.2) is 24.3 Å². The SMILES string of the molecule is CCN(CC)c1ccc(CNC2CCC(C)C2)cc1. The number of hydrogen-bond acceptors (Lipinski definition) is 2. The molecule has 0 heterocycles. The fourth-order valence-electron chi connectivity index (χ4n) is 3.07. The van der Waals surface area contributed by atoms with E-state index in [0.29, 0.717) is 0 Å². The summed E-state index contributed by atoms with van der Waals surface area (Å²) in [5.41, 5.74) is 2.73. The van der Waals surface area contributed by atoms with Crippen molar-refractivity contribution in [2.75, 3.05) is 18.0 Å². The van der Waals surface area contributed by atoms with Gasteiger partial charge in [-0.3, -0.25) is 0 Å². The summed E-state index contributed by atoms with van der Waals surface area (Å²) in [6, 6.07) is 9.76. The van der Waals surface area contributed by atoms with Crippen molar-refractivity contribution in [2.45, 2.75) is 52.6 Å². The molecule has 2 nitrogen and oxygen atoms in total. The zero-order valence-electron chi connectivity index (χ0n) is 12.7. The van der Waals surface area contributed by atoms with Crippen molar-refractivity contribution < 1.29 is 0 Å². The smallest absolute Gasteiger partial charge is 0.0366 e. The second-order valence-corrected chi connectivity index (χ2v) is 5.83. The highest BCUT2D eigenvalue weighted by molar-refractivity contribution is 5.47. The molecule has 2 unspecified atom stereocenters. The van der Waals surface area contributed by atoms with Crippen molar-refractivity contribution in [3.8, 4) is 0 Å². The van der Waals surface area contributed by atoms with Gasteiger partial charge in [0.15, 0.2) is 0 Å². The predicted molar refractivity (Wildman–Crippen MR) is 83.6 cm³/mol. The van der Waals surface area contributed by atoms with Crippen LogP contribution in [0.4, 0.5) is 5.69 Å². The molecule has 2 heteroatoms. The highest BCUT2D eigenvalue weighted by atomic mass is 15.1. The molecule has 106 valence electrons. The normalized spacial score (nSPS) is 22.7. The van der Waals surface area contributed by atoms with Gasteiger partial charge in [0.05, 0.1) is 0 Å². The zero-order chi connectivity index (χ0) is 13.7. The molecule has 0 bridgehead atoms. The maximum Gasteiger partial charge on any atom is 0.0366 e. The standard InChI is InChI=1S/C17H28N2/c1-4-19(5-2)17-10-7-15(8-11-17)13-18-16-9-6-14(3)12-16/h7-8,10-11,14,16,18H,4-6,9,12-13H2,1-3H3. The molecule has 0 amide bonds. The van der Waals surface area contributed by atoms with E-state index in [0.717, 1.165) is 31.6 Å². The van der Waals surface area contributed by atoms with E-state index in [9.17, 15) is 0 Å². The highest BCUT2D eigenvalue weighted by Gasteiger charge is 2.20. The van der Waals surface area contributed by atoms with Gasteiger partial charge in [-0.05, 0) is 56.7 Å². The van der Waals surface area contributed by atoms with Crippen LogP contribution < -0.4 is 10.2 Å². The molecule has 0 radical (unpaired) electrons. The van der Waals surface area contributed by atoms with E-state index >= 15 is 0 Å². The third kappa shape index (κ3) is 3.97. The minimum absolute atomic E-state index is 0.734. The van der Waals surface area contributed by atoms with Crippen LogP contribution in [0.25, 0.3) is 0 Å². The fourth-order valence-corrected chi connectivity index (χ4v) is 3.07.